The number of halogens is 1. The number of hydrogen-bond donors (Lipinski definition) is 3. The van der Waals surface area contributed by atoms with Crippen LogP contribution < -0.4 is 10.5 Å². The maximum absolute atomic E-state index is 13.2. The van der Waals surface area contributed by atoms with Gasteiger partial charge in [-0.15, -0.1) is 0 Å². The number of nitrogens with zero attached hydrogens (tertiary/aromatic N) is 1. The Morgan fingerprint density at radius 2 is 2.06 bits per heavy atom. The number of rotatable bonds is 4. The van der Waals surface area contributed by atoms with Crippen molar-refractivity contribution in [2.24, 2.45) is 5.73 Å². The Bertz CT molecular complexity index is 542. The van der Waals surface area contributed by atoms with Crippen molar-refractivity contribution in [1.82, 2.24) is 4.31 Å². The normalized spacial score (nSPS) is 11.5. The topological polar surface area (TPSA) is 99.3 Å². The van der Waals surface area contributed by atoms with Gasteiger partial charge in [-0.1, -0.05) is 0 Å². The lowest BCUT2D eigenvalue weighted by Crippen LogP contribution is -2.29. The highest BCUT2D eigenvalue weighted by atomic mass is 32.2. The van der Waals surface area contributed by atoms with E-state index in [-0.39, 0.29) is 11.3 Å². The summed E-state index contributed by atoms with van der Waals surface area (Å²) in [6, 6.07) is 3.46. The van der Waals surface area contributed by atoms with Gasteiger partial charge >= 0.3 is 10.2 Å². The minimum absolute atomic E-state index is 0.144. The van der Waals surface area contributed by atoms with Gasteiger partial charge < -0.3 is 5.73 Å². The minimum Gasteiger partial charge on any atom is -0.384 e. The molecule has 0 heterocycles. The van der Waals surface area contributed by atoms with Crippen LogP contribution in [-0.4, -0.2) is 32.7 Å². The molecule has 0 spiro atoms. The van der Waals surface area contributed by atoms with Crippen molar-refractivity contribution < 1.29 is 12.8 Å². The van der Waals surface area contributed by atoms with E-state index in [0.717, 1.165) is 10.4 Å². The van der Waals surface area contributed by atoms with Gasteiger partial charge in [0.15, 0.2) is 0 Å². The molecule has 6 nitrogen and oxygen atoms in total. The van der Waals surface area contributed by atoms with E-state index in [2.05, 4.69) is 4.72 Å². The first kappa shape index (κ1) is 13.4. The quantitative estimate of drug-likeness (QED) is 0.537. The molecule has 0 amide bonds. The molecule has 0 saturated heterocycles. The van der Waals surface area contributed by atoms with Crippen molar-refractivity contribution in [3.63, 3.8) is 0 Å². The molecular formula is C9H13FN4O2S. The molecule has 0 aliphatic carbocycles. The smallest absolute Gasteiger partial charge is 0.301 e. The lowest BCUT2D eigenvalue weighted by atomic mass is 10.2. The third-order valence-electron chi connectivity index (χ3n) is 1.98. The summed E-state index contributed by atoms with van der Waals surface area (Å²) in [5, 5.41) is 7.14. The molecule has 94 valence electrons. The summed E-state index contributed by atoms with van der Waals surface area (Å²) in [6.45, 7) is 0. The summed E-state index contributed by atoms with van der Waals surface area (Å²) in [6.07, 6.45) is 0. The first-order valence-electron chi connectivity index (χ1n) is 4.58. The lowest BCUT2D eigenvalue weighted by molar-refractivity contribution is 0.527. The zero-order valence-corrected chi connectivity index (χ0v) is 10.2. The molecule has 1 aromatic carbocycles. The van der Waals surface area contributed by atoms with E-state index in [1.165, 1.54) is 26.2 Å². The molecule has 0 fully saturated rings. The molecule has 8 heteroatoms. The van der Waals surface area contributed by atoms with E-state index in [1.807, 2.05) is 0 Å². The van der Waals surface area contributed by atoms with Crippen molar-refractivity contribution in [3.05, 3.63) is 29.6 Å². The summed E-state index contributed by atoms with van der Waals surface area (Å²) in [4.78, 5) is 0. The second kappa shape index (κ2) is 4.68. The minimum atomic E-state index is -3.66. The first-order valence-corrected chi connectivity index (χ1v) is 6.02. The molecule has 0 bridgehead atoms. The fraction of sp³-hybridized carbons (Fsp3) is 0.222. The van der Waals surface area contributed by atoms with Crippen LogP contribution in [0.4, 0.5) is 10.1 Å². The zero-order valence-electron chi connectivity index (χ0n) is 9.36. The number of nitrogens with two attached hydrogens (primary N) is 1. The van der Waals surface area contributed by atoms with Crippen molar-refractivity contribution in [3.8, 4) is 0 Å². The van der Waals surface area contributed by atoms with Gasteiger partial charge in [0.05, 0.1) is 11.3 Å². The highest BCUT2D eigenvalue weighted by Crippen LogP contribution is 2.16. The predicted octanol–water partition coefficient (Wildman–Crippen LogP) is 0.328. The number of nitrogen functional groups attached to an aromatic ring is 1. The first-order chi connectivity index (χ1) is 7.74. The molecule has 0 unspecified atom stereocenters. The van der Waals surface area contributed by atoms with Crippen LogP contribution in [0.2, 0.25) is 0 Å². The molecule has 0 radical (unpaired) electrons. The van der Waals surface area contributed by atoms with Crippen molar-refractivity contribution >= 4 is 21.7 Å². The largest absolute Gasteiger partial charge is 0.384 e. The molecule has 0 aromatic heterocycles. The van der Waals surface area contributed by atoms with E-state index < -0.39 is 21.9 Å². The van der Waals surface area contributed by atoms with E-state index >= 15 is 0 Å². The fourth-order valence-electron chi connectivity index (χ4n) is 1.04. The number of amidine groups is 1. The summed E-state index contributed by atoms with van der Waals surface area (Å²) in [7, 11) is -0.939. The Kier molecular flexibility index (Phi) is 3.69. The van der Waals surface area contributed by atoms with Crippen molar-refractivity contribution in [2.75, 3.05) is 18.8 Å². The third kappa shape index (κ3) is 3.14. The van der Waals surface area contributed by atoms with Crippen molar-refractivity contribution in [2.45, 2.75) is 0 Å². The van der Waals surface area contributed by atoms with Gasteiger partial charge in [-0.25, -0.2) is 4.39 Å². The van der Waals surface area contributed by atoms with E-state index in [0.29, 0.717) is 0 Å². The highest BCUT2D eigenvalue weighted by Gasteiger charge is 2.14. The summed E-state index contributed by atoms with van der Waals surface area (Å²) < 4.78 is 39.4. The maximum atomic E-state index is 13.2. The second-order valence-electron chi connectivity index (χ2n) is 3.50. The van der Waals surface area contributed by atoms with Gasteiger partial charge in [0.1, 0.15) is 11.7 Å². The van der Waals surface area contributed by atoms with Gasteiger partial charge in [-0.05, 0) is 18.2 Å². The van der Waals surface area contributed by atoms with Crippen molar-refractivity contribution in [1.29, 1.82) is 5.41 Å². The Morgan fingerprint density at radius 1 is 1.47 bits per heavy atom. The Hall–Kier alpha value is -1.67. The van der Waals surface area contributed by atoms with Gasteiger partial charge in [0, 0.05) is 14.1 Å². The Labute approximate surface area is 98.9 Å². The van der Waals surface area contributed by atoms with E-state index in [9.17, 15) is 12.8 Å². The van der Waals surface area contributed by atoms with Gasteiger partial charge in [0.25, 0.3) is 0 Å². The highest BCUT2D eigenvalue weighted by molar-refractivity contribution is 7.90. The molecular weight excluding hydrogens is 247 g/mol. The summed E-state index contributed by atoms with van der Waals surface area (Å²) >= 11 is 0. The maximum Gasteiger partial charge on any atom is 0.301 e. The van der Waals surface area contributed by atoms with Crippen LogP contribution >= 0.6 is 0 Å². The third-order valence-corrected chi connectivity index (χ3v) is 3.44. The second-order valence-corrected chi connectivity index (χ2v) is 5.38. The molecule has 17 heavy (non-hydrogen) atoms. The number of nitrogens with one attached hydrogen (secondary N) is 2. The van der Waals surface area contributed by atoms with Crippen LogP contribution in [-0.2, 0) is 10.2 Å². The average molecular weight is 260 g/mol. The van der Waals surface area contributed by atoms with E-state index in [4.69, 9.17) is 11.1 Å². The van der Waals surface area contributed by atoms with Crippen LogP contribution in [0.25, 0.3) is 0 Å². The van der Waals surface area contributed by atoms with E-state index in [1.54, 1.807) is 0 Å². The van der Waals surface area contributed by atoms with Gasteiger partial charge in [-0.3, -0.25) is 10.1 Å². The monoisotopic (exact) mass is 260 g/mol. The Morgan fingerprint density at radius 3 is 2.53 bits per heavy atom. The zero-order chi connectivity index (χ0) is 13.2. The SMILES string of the molecule is CN(C)S(=O)(=O)Nc1ccc(F)c(C(=N)N)c1. The molecule has 0 aliphatic heterocycles. The molecule has 1 aromatic rings. The van der Waals surface area contributed by atoms with Crippen LogP contribution in [0.3, 0.4) is 0 Å². The lowest BCUT2D eigenvalue weighted by Gasteiger charge is -2.14. The number of anilines is 1. The molecule has 0 atom stereocenters. The summed E-state index contributed by atoms with van der Waals surface area (Å²) in [5.41, 5.74) is 5.16. The standard InChI is InChI=1S/C9H13FN4O2S/c1-14(2)17(15,16)13-6-3-4-8(10)7(5-6)9(11)12/h3-5,13H,1-2H3,(H3,11,12). The van der Waals surface area contributed by atoms with Crippen LogP contribution in [0, 0.1) is 11.2 Å². The fourth-order valence-corrected chi connectivity index (χ4v) is 1.64. The number of hydrogen-bond acceptors (Lipinski definition) is 3. The summed E-state index contributed by atoms with van der Waals surface area (Å²) in [5.74, 6) is -1.14. The predicted molar refractivity (Wildman–Crippen MR) is 63.6 cm³/mol. The molecule has 4 N–H and O–H groups in total. The van der Waals surface area contributed by atoms with Gasteiger partial charge in [0.2, 0.25) is 0 Å². The van der Waals surface area contributed by atoms with Crippen LogP contribution in [0.15, 0.2) is 18.2 Å². The Balaban J connectivity index is 3.10. The van der Waals surface area contributed by atoms with Gasteiger partial charge in [-0.2, -0.15) is 12.7 Å². The molecule has 1 rings (SSSR count). The molecule has 0 saturated carbocycles. The van der Waals surface area contributed by atoms with Crippen LogP contribution in [0.1, 0.15) is 5.56 Å². The average Bonchev–Trinajstić information content (AvgIpc) is 2.20. The van der Waals surface area contributed by atoms with Crippen LogP contribution in [0.5, 0.6) is 0 Å². The number of benzene rings is 1. The molecule has 0 aliphatic rings.